The van der Waals surface area contributed by atoms with Crippen LogP contribution in [0.2, 0.25) is 0 Å². The highest BCUT2D eigenvalue weighted by molar-refractivity contribution is 7.12. The fraction of sp³-hybridized carbons (Fsp3) is 0.364. The Hall–Kier alpha value is -1.53. The van der Waals surface area contributed by atoms with Gasteiger partial charge in [0.05, 0.1) is 17.3 Å². The average Bonchev–Trinajstić information content (AvgIpc) is 2.93. The maximum atomic E-state index is 11.8. The predicted molar refractivity (Wildman–Crippen MR) is 65.0 cm³/mol. The molecule has 1 fully saturated rings. The SMILES string of the molecule is O=C1CCC(CO)N1c1ccc2nnsc2c1. The Morgan fingerprint density at radius 1 is 1.53 bits per heavy atom. The molecule has 5 nitrogen and oxygen atoms in total. The van der Waals surface area contributed by atoms with E-state index in [1.807, 2.05) is 18.2 Å². The fourth-order valence-corrected chi connectivity index (χ4v) is 2.78. The number of aromatic nitrogens is 2. The first-order valence-electron chi connectivity index (χ1n) is 5.44. The van der Waals surface area contributed by atoms with Crippen molar-refractivity contribution in [3.8, 4) is 0 Å². The van der Waals surface area contributed by atoms with Crippen LogP contribution >= 0.6 is 11.5 Å². The average molecular weight is 249 g/mol. The Balaban J connectivity index is 2.04. The molecule has 1 aromatic carbocycles. The van der Waals surface area contributed by atoms with Gasteiger partial charge in [0.1, 0.15) is 5.52 Å². The van der Waals surface area contributed by atoms with Gasteiger partial charge in [-0.2, -0.15) is 0 Å². The molecule has 0 aliphatic carbocycles. The minimum atomic E-state index is -0.0965. The van der Waals surface area contributed by atoms with Gasteiger partial charge < -0.3 is 10.0 Å². The summed E-state index contributed by atoms with van der Waals surface area (Å²) >= 11 is 1.31. The highest BCUT2D eigenvalue weighted by Gasteiger charge is 2.31. The first-order valence-corrected chi connectivity index (χ1v) is 6.22. The summed E-state index contributed by atoms with van der Waals surface area (Å²) in [6, 6.07) is 5.52. The van der Waals surface area contributed by atoms with Gasteiger partial charge in [0.15, 0.2) is 0 Å². The number of fused-ring (bicyclic) bond motifs is 1. The summed E-state index contributed by atoms with van der Waals surface area (Å²) in [5.41, 5.74) is 1.66. The van der Waals surface area contributed by atoms with Crippen LogP contribution in [0.15, 0.2) is 18.2 Å². The van der Waals surface area contributed by atoms with E-state index in [4.69, 9.17) is 0 Å². The van der Waals surface area contributed by atoms with Crippen LogP contribution in [0.4, 0.5) is 5.69 Å². The standard InChI is InChI=1S/C11H11N3O2S/c15-6-8-2-4-11(16)14(8)7-1-3-9-10(5-7)17-13-12-9/h1,3,5,8,15H,2,4,6H2. The van der Waals surface area contributed by atoms with Gasteiger partial charge in [-0.15, -0.1) is 5.10 Å². The summed E-state index contributed by atoms with van der Waals surface area (Å²) in [4.78, 5) is 13.5. The van der Waals surface area contributed by atoms with Crippen molar-refractivity contribution in [2.75, 3.05) is 11.5 Å². The summed E-state index contributed by atoms with van der Waals surface area (Å²) in [5.74, 6) is 0.0703. The summed E-state index contributed by atoms with van der Waals surface area (Å²) in [7, 11) is 0. The molecule has 17 heavy (non-hydrogen) atoms. The van der Waals surface area contributed by atoms with Crippen LogP contribution in [0.5, 0.6) is 0 Å². The maximum absolute atomic E-state index is 11.8. The van der Waals surface area contributed by atoms with E-state index in [-0.39, 0.29) is 18.6 Å². The van der Waals surface area contributed by atoms with E-state index in [1.165, 1.54) is 11.5 Å². The molecular weight excluding hydrogens is 238 g/mol. The van der Waals surface area contributed by atoms with Crippen LogP contribution in [-0.2, 0) is 4.79 Å². The molecule has 0 saturated carbocycles. The zero-order valence-electron chi connectivity index (χ0n) is 9.04. The molecule has 6 heteroatoms. The highest BCUT2D eigenvalue weighted by Crippen LogP contribution is 2.29. The van der Waals surface area contributed by atoms with Crippen molar-refractivity contribution < 1.29 is 9.90 Å². The third-order valence-corrected chi connectivity index (χ3v) is 3.73. The molecular formula is C11H11N3O2S. The van der Waals surface area contributed by atoms with Gasteiger partial charge in [0, 0.05) is 12.1 Å². The minimum Gasteiger partial charge on any atom is -0.394 e. The quantitative estimate of drug-likeness (QED) is 0.868. The smallest absolute Gasteiger partial charge is 0.227 e. The minimum absolute atomic E-state index is 0.00468. The number of carbonyl (C=O) groups excluding carboxylic acids is 1. The summed E-state index contributed by atoms with van der Waals surface area (Å²) in [6.07, 6.45) is 1.22. The Bertz CT molecular complexity index is 569. The van der Waals surface area contributed by atoms with Crippen LogP contribution < -0.4 is 4.90 Å². The lowest BCUT2D eigenvalue weighted by Gasteiger charge is -2.23. The molecule has 1 N–H and O–H groups in total. The van der Waals surface area contributed by atoms with Gasteiger partial charge >= 0.3 is 0 Å². The Kier molecular flexibility index (Phi) is 2.53. The van der Waals surface area contributed by atoms with E-state index in [0.717, 1.165) is 15.9 Å². The normalized spacial score (nSPS) is 20.4. The second kappa shape index (κ2) is 4.05. The van der Waals surface area contributed by atoms with E-state index in [9.17, 15) is 9.90 Å². The molecule has 1 aliphatic heterocycles. The molecule has 1 atom stereocenters. The largest absolute Gasteiger partial charge is 0.394 e. The molecule has 1 aliphatic rings. The van der Waals surface area contributed by atoms with E-state index in [1.54, 1.807) is 4.90 Å². The van der Waals surface area contributed by atoms with E-state index in [0.29, 0.717) is 12.8 Å². The van der Waals surface area contributed by atoms with Crippen molar-refractivity contribution in [2.24, 2.45) is 0 Å². The van der Waals surface area contributed by atoms with Gasteiger partial charge in [-0.3, -0.25) is 4.79 Å². The van der Waals surface area contributed by atoms with Crippen molar-refractivity contribution in [1.29, 1.82) is 0 Å². The summed E-state index contributed by atoms with van der Waals surface area (Å²) in [6.45, 7) is 0.00468. The zero-order valence-corrected chi connectivity index (χ0v) is 9.85. The van der Waals surface area contributed by atoms with E-state index >= 15 is 0 Å². The van der Waals surface area contributed by atoms with Crippen molar-refractivity contribution in [3.63, 3.8) is 0 Å². The van der Waals surface area contributed by atoms with Crippen LogP contribution in [0.1, 0.15) is 12.8 Å². The zero-order chi connectivity index (χ0) is 11.8. The monoisotopic (exact) mass is 249 g/mol. The number of aliphatic hydroxyl groups excluding tert-OH is 1. The first kappa shape index (κ1) is 10.6. The number of anilines is 1. The van der Waals surface area contributed by atoms with Gasteiger partial charge in [-0.25, -0.2) is 0 Å². The second-order valence-corrected chi connectivity index (χ2v) is 4.85. The number of aliphatic hydroxyl groups is 1. The molecule has 1 aromatic heterocycles. The van der Waals surface area contributed by atoms with Gasteiger partial charge in [-0.1, -0.05) is 4.49 Å². The lowest BCUT2D eigenvalue weighted by Crippen LogP contribution is -2.35. The molecule has 1 unspecified atom stereocenters. The summed E-state index contributed by atoms with van der Waals surface area (Å²) < 4.78 is 4.82. The maximum Gasteiger partial charge on any atom is 0.227 e. The first-order chi connectivity index (χ1) is 8.29. The molecule has 3 rings (SSSR count). The van der Waals surface area contributed by atoms with Crippen molar-refractivity contribution >= 4 is 33.3 Å². The molecule has 1 saturated heterocycles. The number of benzene rings is 1. The van der Waals surface area contributed by atoms with Crippen LogP contribution in [-0.4, -0.2) is 33.2 Å². The van der Waals surface area contributed by atoms with Crippen LogP contribution in [0.25, 0.3) is 10.2 Å². The molecule has 0 spiro atoms. The molecule has 88 valence electrons. The molecule has 0 bridgehead atoms. The molecule has 1 amide bonds. The van der Waals surface area contributed by atoms with Crippen molar-refractivity contribution in [3.05, 3.63) is 18.2 Å². The third kappa shape index (κ3) is 1.69. The second-order valence-electron chi connectivity index (χ2n) is 4.06. The highest BCUT2D eigenvalue weighted by atomic mass is 32.1. The topological polar surface area (TPSA) is 66.3 Å². The number of amides is 1. The Morgan fingerprint density at radius 2 is 2.41 bits per heavy atom. The van der Waals surface area contributed by atoms with Crippen molar-refractivity contribution in [2.45, 2.75) is 18.9 Å². The number of nitrogens with zero attached hydrogens (tertiary/aromatic N) is 3. The van der Waals surface area contributed by atoms with E-state index < -0.39 is 0 Å². The lowest BCUT2D eigenvalue weighted by molar-refractivity contribution is -0.117. The van der Waals surface area contributed by atoms with Crippen molar-refractivity contribution in [1.82, 2.24) is 9.59 Å². The van der Waals surface area contributed by atoms with Gasteiger partial charge in [0.25, 0.3) is 0 Å². The third-order valence-electron chi connectivity index (χ3n) is 3.05. The lowest BCUT2D eigenvalue weighted by atomic mass is 10.2. The fourth-order valence-electron chi connectivity index (χ4n) is 2.19. The molecule has 2 heterocycles. The van der Waals surface area contributed by atoms with Gasteiger partial charge in [0.2, 0.25) is 5.91 Å². The number of carbonyl (C=O) groups is 1. The predicted octanol–water partition coefficient (Wildman–Crippen LogP) is 1.18. The van der Waals surface area contributed by atoms with Gasteiger partial charge in [-0.05, 0) is 36.2 Å². The molecule has 0 radical (unpaired) electrons. The Morgan fingerprint density at radius 3 is 3.24 bits per heavy atom. The number of hydrogen-bond acceptors (Lipinski definition) is 5. The number of rotatable bonds is 2. The van der Waals surface area contributed by atoms with Crippen LogP contribution in [0.3, 0.4) is 0 Å². The molecule has 2 aromatic rings. The van der Waals surface area contributed by atoms with Crippen LogP contribution in [0, 0.1) is 0 Å². The van der Waals surface area contributed by atoms with E-state index in [2.05, 4.69) is 9.59 Å². The number of hydrogen-bond donors (Lipinski definition) is 1. The Labute approximate surface area is 102 Å². The summed E-state index contributed by atoms with van der Waals surface area (Å²) in [5, 5.41) is 13.2.